The van der Waals surface area contributed by atoms with Crippen molar-refractivity contribution in [3.8, 4) is 11.1 Å². The van der Waals surface area contributed by atoms with Crippen LogP contribution in [0, 0.1) is 0 Å². The molecule has 0 fully saturated rings. The van der Waals surface area contributed by atoms with E-state index in [0.717, 1.165) is 13.1 Å². The van der Waals surface area contributed by atoms with Crippen molar-refractivity contribution in [1.29, 1.82) is 0 Å². The number of carbonyl (C=O) groups excluding carboxylic acids is 2. The van der Waals surface area contributed by atoms with Crippen molar-refractivity contribution in [1.82, 2.24) is 5.32 Å². The Morgan fingerprint density at radius 1 is 0.765 bits per heavy atom. The monoisotopic (exact) mass is 463 g/mol. The third-order valence-electron chi connectivity index (χ3n) is 6.57. The van der Waals surface area contributed by atoms with Crippen LogP contribution in [-0.2, 0) is 37.6 Å². The molecule has 2 aromatic carbocycles. The Kier molecular flexibility index (Phi) is 6.36. The van der Waals surface area contributed by atoms with Gasteiger partial charge in [0.15, 0.2) is 0 Å². The molecule has 0 saturated heterocycles. The van der Waals surface area contributed by atoms with Crippen LogP contribution in [0.5, 0.6) is 0 Å². The van der Waals surface area contributed by atoms with Crippen LogP contribution >= 0.6 is 0 Å². The van der Waals surface area contributed by atoms with E-state index in [4.69, 9.17) is 9.47 Å². The molecule has 0 unspecified atom stereocenters. The predicted molar refractivity (Wildman–Crippen MR) is 133 cm³/mol. The van der Waals surface area contributed by atoms with E-state index in [-0.39, 0.29) is 24.8 Å². The van der Waals surface area contributed by atoms with Gasteiger partial charge in [0.25, 0.3) is 0 Å². The van der Waals surface area contributed by atoms with Crippen molar-refractivity contribution in [2.75, 3.05) is 0 Å². The lowest BCUT2D eigenvalue weighted by molar-refractivity contribution is -0.155. The Morgan fingerprint density at radius 3 is 1.56 bits per heavy atom. The highest BCUT2D eigenvalue weighted by molar-refractivity contribution is 5.87. The maximum atomic E-state index is 12.8. The molecular weight excluding hydrogens is 426 g/mol. The van der Waals surface area contributed by atoms with Crippen LogP contribution in [-0.4, -0.2) is 23.1 Å². The number of hydrogen-bond acceptors (Lipinski definition) is 5. The summed E-state index contributed by atoms with van der Waals surface area (Å²) in [5.41, 5.74) is 5.99. The van der Waals surface area contributed by atoms with Crippen LogP contribution in [0.15, 0.2) is 36.4 Å². The van der Waals surface area contributed by atoms with Gasteiger partial charge in [-0.25, -0.2) is 0 Å². The van der Waals surface area contributed by atoms with Crippen LogP contribution in [0.3, 0.4) is 0 Å². The largest absolute Gasteiger partial charge is 0.460 e. The van der Waals surface area contributed by atoms with Gasteiger partial charge in [0.05, 0.1) is 0 Å². The maximum Gasteiger partial charge on any atom is 0.306 e. The SMILES string of the molecule is CC(C)(C)OC(=O)CCC1(CCC(=O)OC(C)(C)C)c2cccc3c2-c2c(cccc21)CNC3. The average Bonchev–Trinajstić information content (AvgIpc) is 2.85. The lowest BCUT2D eigenvalue weighted by Gasteiger charge is -2.33. The molecule has 2 aromatic rings. The predicted octanol–water partition coefficient (Wildman–Crippen LogP) is 5.80. The second-order valence-corrected chi connectivity index (χ2v) is 11.5. The van der Waals surface area contributed by atoms with Crippen LogP contribution < -0.4 is 5.32 Å². The van der Waals surface area contributed by atoms with Crippen molar-refractivity contribution in [2.24, 2.45) is 0 Å². The Balaban J connectivity index is 1.77. The van der Waals surface area contributed by atoms with Gasteiger partial charge in [-0.15, -0.1) is 0 Å². The number of carbonyl (C=O) groups is 2. The molecule has 1 aliphatic carbocycles. The van der Waals surface area contributed by atoms with Crippen molar-refractivity contribution in [3.05, 3.63) is 58.7 Å². The zero-order valence-electron chi connectivity index (χ0n) is 21.3. The molecule has 1 aliphatic heterocycles. The lowest BCUT2D eigenvalue weighted by Crippen LogP contribution is -2.31. The van der Waals surface area contributed by atoms with Gasteiger partial charge in [-0.2, -0.15) is 0 Å². The van der Waals surface area contributed by atoms with Crippen molar-refractivity contribution < 1.29 is 19.1 Å². The van der Waals surface area contributed by atoms with Crippen molar-refractivity contribution in [3.63, 3.8) is 0 Å². The number of nitrogens with one attached hydrogen (secondary N) is 1. The quantitative estimate of drug-likeness (QED) is 0.549. The molecule has 1 heterocycles. The van der Waals surface area contributed by atoms with Gasteiger partial charge in [-0.05, 0) is 87.8 Å². The Labute approximate surface area is 203 Å². The van der Waals surface area contributed by atoms with Crippen molar-refractivity contribution in [2.45, 2.75) is 96.9 Å². The summed E-state index contributed by atoms with van der Waals surface area (Å²) >= 11 is 0. The number of hydrogen-bond donors (Lipinski definition) is 1. The summed E-state index contributed by atoms with van der Waals surface area (Å²) < 4.78 is 11.3. The first-order valence-corrected chi connectivity index (χ1v) is 12.3. The zero-order valence-corrected chi connectivity index (χ0v) is 21.3. The van der Waals surface area contributed by atoms with Gasteiger partial charge in [0, 0.05) is 31.3 Å². The highest BCUT2D eigenvalue weighted by Crippen LogP contribution is 2.56. The summed E-state index contributed by atoms with van der Waals surface area (Å²) in [4.78, 5) is 25.6. The van der Waals surface area contributed by atoms with Gasteiger partial charge < -0.3 is 14.8 Å². The minimum Gasteiger partial charge on any atom is -0.460 e. The number of ether oxygens (including phenoxy) is 2. The minimum atomic E-state index is -0.529. The second kappa shape index (κ2) is 8.84. The van der Waals surface area contributed by atoms with Gasteiger partial charge in [0.1, 0.15) is 11.2 Å². The highest BCUT2D eigenvalue weighted by Gasteiger charge is 2.45. The highest BCUT2D eigenvalue weighted by atomic mass is 16.6. The summed E-state index contributed by atoms with van der Waals surface area (Å²) in [5, 5.41) is 3.55. The average molecular weight is 464 g/mol. The van der Waals surface area contributed by atoms with E-state index < -0.39 is 16.6 Å². The number of benzene rings is 2. The van der Waals surface area contributed by atoms with Gasteiger partial charge in [-0.3, -0.25) is 9.59 Å². The first-order chi connectivity index (χ1) is 15.9. The van der Waals surface area contributed by atoms with Crippen LogP contribution in [0.4, 0.5) is 0 Å². The van der Waals surface area contributed by atoms with E-state index in [0.29, 0.717) is 12.8 Å². The smallest absolute Gasteiger partial charge is 0.306 e. The molecule has 0 bridgehead atoms. The molecule has 34 heavy (non-hydrogen) atoms. The zero-order chi connectivity index (χ0) is 24.7. The van der Waals surface area contributed by atoms with E-state index >= 15 is 0 Å². The van der Waals surface area contributed by atoms with E-state index in [2.05, 4.69) is 41.7 Å². The Morgan fingerprint density at radius 2 is 1.18 bits per heavy atom. The van der Waals surface area contributed by atoms with Crippen LogP contribution in [0.1, 0.15) is 89.5 Å². The Bertz CT molecular complexity index is 1020. The van der Waals surface area contributed by atoms with Crippen LogP contribution in [0.25, 0.3) is 11.1 Å². The first kappa shape index (κ1) is 24.5. The topological polar surface area (TPSA) is 64.6 Å². The van der Waals surface area contributed by atoms with Crippen molar-refractivity contribution >= 4 is 11.9 Å². The summed E-state index contributed by atoms with van der Waals surface area (Å²) in [6, 6.07) is 12.9. The molecule has 0 aromatic heterocycles. The normalized spacial score (nSPS) is 15.9. The molecule has 2 aliphatic rings. The fourth-order valence-corrected chi connectivity index (χ4v) is 5.44. The molecule has 0 spiro atoms. The third kappa shape index (κ3) is 4.90. The number of rotatable bonds is 6. The van der Waals surface area contributed by atoms with Crippen LogP contribution in [0.2, 0.25) is 0 Å². The molecule has 0 radical (unpaired) electrons. The molecule has 0 saturated carbocycles. The summed E-state index contributed by atoms with van der Waals surface area (Å²) in [5.74, 6) is -0.416. The maximum absolute atomic E-state index is 12.8. The van der Waals surface area contributed by atoms with Gasteiger partial charge >= 0.3 is 11.9 Å². The molecule has 0 amide bonds. The first-order valence-electron chi connectivity index (χ1n) is 12.3. The molecule has 4 rings (SSSR count). The van der Waals surface area contributed by atoms with Gasteiger partial charge in [0.2, 0.25) is 0 Å². The molecule has 0 atom stereocenters. The van der Waals surface area contributed by atoms with E-state index in [1.165, 1.54) is 33.4 Å². The fourth-order valence-electron chi connectivity index (χ4n) is 5.44. The minimum absolute atomic E-state index is 0.208. The molecule has 182 valence electrons. The van der Waals surface area contributed by atoms with E-state index in [1.54, 1.807) is 0 Å². The fraction of sp³-hybridized carbons (Fsp3) is 0.517. The third-order valence-corrected chi connectivity index (χ3v) is 6.57. The summed E-state index contributed by atoms with van der Waals surface area (Å²) in [6.45, 7) is 12.9. The van der Waals surface area contributed by atoms with E-state index in [9.17, 15) is 9.59 Å². The molecule has 5 heteroatoms. The lowest BCUT2D eigenvalue weighted by atomic mass is 9.71. The standard InChI is InChI=1S/C29H37NO4/c1-27(2,3)33-23(31)13-15-29(16-14-24(32)34-28(4,5)6)21-11-7-9-19-17-30-18-20-10-8-12-22(29)26(20)25(19)21/h7-12,30H,13-18H2,1-6H3. The molecule has 5 nitrogen and oxygen atoms in total. The summed E-state index contributed by atoms with van der Waals surface area (Å²) in [6.07, 6.45) is 1.75. The Hall–Kier alpha value is -2.66. The molecular formula is C29H37NO4. The molecule has 1 N–H and O–H groups in total. The van der Waals surface area contributed by atoms with E-state index in [1.807, 2.05) is 41.5 Å². The number of esters is 2. The summed E-state index contributed by atoms with van der Waals surface area (Å²) in [7, 11) is 0. The second-order valence-electron chi connectivity index (χ2n) is 11.5. The van der Waals surface area contributed by atoms with Gasteiger partial charge in [-0.1, -0.05) is 36.4 Å².